The number of hydrogen-bond donors (Lipinski definition) is 0. The summed E-state index contributed by atoms with van der Waals surface area (Å²) in [4.78, 5) is 10.5. The lowest BCUT2D eigenvalue weighted by molar-refractivity contribution is 0.122. The van der Waals surface area contributed by atoms with Crippen LogP contribution in [0.3, 0.4) is 0 Å². The van der Waals surface area contributed by atoms with Gasteiger partial charge < -0.3 is 14.4 Å². The van der Waals surface area contributed by atoms with Gasteiger partial charge in [-0.25, -0.2) is 0 Å². The van der Waals surface area contributed by atoms with Gasteiger partial charge in [-0.3, -0.25) is 4.98 Å². The lowest BCUT2D eigenvalue weighted by Crippen LogP contribution is -2.36. The van der Waals surface area contributed by atoms with Crippen molar-refractivity contribution in [3.8, 4) is 5.88 Å². The minimum atomic E-state index is 0.550. The molecule has 76 valence electrons. The predicted molar refractivity (Wildman–Crippen MR) is 51.6 cm³/mol. The van der Waals surface area contributed by atoms with Crippen molar-refractivity contribution in [1.82, 2.24) is 9.97 Å². The lowest BCUT2D eigenvalue weighted by Gasteiger charge is -2.27. The van der Waals surface area contributed by atoms with Crippen LogP contribution in [-0.4, -0.2) is 43.4 Å². The molecule has 1 aromatic heterocycles. The first kappa shape index (κ1) is 9.21. The summed E-state index contributed by atoms with van der Waals surface area (Å²) in [7, 11) is 1.59. The quantitative estimate of drug-likeness (QED) is 0.680. The minimum Gasteiger partial charge on any atom is -0.480 e. The van der Waals surface area contributed by atoms with E-state index in [9.17, 15) is 0 Å². The molecule has 1 fully saturated rings. The molecule has 0 amide bonds. The van der Waals surface area contributed by atoms with Crippen molar-refractivity contribution in [3.05, 3.63) is 12.4 Å². The van der Waals surface area contributed by atoms with E-state index in [-0.39, 0.29) is 0 Å². The number of rotatable bonds is 2. The van der Waals surface area contributed by atoms with E-state index in [0.717, 1.165) is 32.1 Å². The molecule has 0 atom stereocenters. The van der Waals surface area contributed by atoms with Crippen LogP contribution < -0.4 is 9.64 Å². The fourth-order valence-corrected chi connectivity index (χ4v) is 1.38. The Morgan fingerprint density at radius 3 is 2.86 bits per heavy atom. The molecule has 1 aliphatic heterocycles. The molecular weight excluding hydrogens is 182 g/mol. The molecule has 0 saturated carbocycles. The van der Waals surface area contributed by atoms with Crippen LogP contribution in [0, 0.1) is 0 Å². The highest BCUT2D eigenvalue weighted by Gasteiger charge is 2.12. The van der Waals surface area contributed by atoms with Crippen LogP contribution in [-0.2, 0) is 4.74 Å². The van der Waals surface area contributed by atoms with Gasteiger partial charge in [0.05, 0.1) is 32.7 Å². The molecule has 5 nitrogen and oxygen atoms in total. The molecule has 2 heterocycles. The first-order valence-corrected chi connectivity index (χ1v) is 4.59. The molecule has 14 heavy (non-hydrogen) atoms. The zero-order valence-corrected chi connectivity index (χ0v) is 8.14. The van der Waals surface area contributed by atoms with E-state index in [2.05, 4.69) is 14.9 Å². The third-order valence-electron chi connectivity index (χ3n) is 2.14. The van der Waals surface area contributed by atoms with E-state index in [4.69, 9.17) is 9.47 Å². The van der Waals surface area contributed by atoms with Crippen molar-refractivity contribution in [3.63, 3.8) is 0 Å². The summed E-state index contributed by atoms with van der Waals surface area (Å²) in [5.74, 6) is 1.40. The van der Waals surface area contributed by atoms with E-state index in [1.165, 1.54) is 0 Å². The van der Waals surface area contributed by atoms with Gasteiger partial charge in [0.25, 0.3) is 0 Å². The van der Waals surface area contributed by atoms with Crippen LogP contribution in [0.2, 0.25) is 0 Å². The van der Waals surface area contributed by atoms with Crippen LogP contribution in [0.1, 0.15) is 0 Å². The molecule has 0 bridgehead atoms. The monoisotopic (exact) mass is 195 g/mol. The summed E-state index contributed by atoms with van der Waals surface area (Å²) in [5, 5.41) is 0. The standard InChI is InChI=1S/C9H13N3O2/c1-13-9-7-10-6-8(11-9)12-2-4-14-5-3-12/h6-7H,2-5H2,1H3. The Hall–Kier alpha value is -1.36. The molecular formula is C9H13N3O2. The zero-order valence-electron chi connectivity index (χ0n) is 8.14. The molecule has 5 heteroatoms. The van der Waals surface area contributed by atoms with E-state index in [0.29, 0.717) is 5.88 Å². The maximum atomic E-state index is 5.26. The van der Waals surface area contributed by atoms with Gasteiger partial charge in [-0.15, -0.1) is 0 Å². The van der Waals surface area contributed by atoms with Gasteiger partial charge in [0.1, 0.15) is 0 Å². The summed E-state index contributed by atoms with van der Waals surface area (Å²) in [5.41, 5.74) is 0. The van der Waals surface area contributed by atoms with Gasteiger partial charge in [0.2, 0.25) is 5.88 Å². The van der Waals surface area contributed by atoms with Gasteiger partial charge in [-0.05, 0) is 0 Å². The van der Waals surface area contributed by atoms with Gasteiger partial charge in [0.15, 0.2) is 5.82 Å². The SMILES string of the molecule is COc1cncc(N2CCOCC2)n1. The van der Waals surface area contributed by atoms with Crippen LogP contribution in [0.25, 0.3) is 0 Å². The van der Waals surface area contributed by atoms with Gasteiger partial charge in [-0.2, -0.15) is 4.98 Å². The largest absolute Gasteiger partial charge is 0.480 e. The smallest absolute Gasteiger partial charge is 0.233 e. The Labute approximate surface area is 82.7 Å². The normalized spacial score (nSPS) is 16.8. The highest BCUT2D eigenvalue weighted by Crippen LogP contribution is 2.14. The van der Waals surface area contributed by atoms with E-state index >= 15 is 0 Å². The molecule has 1 aliphatic rings. The highest BCUT2D eigenvalue weighted by molar-refractivity contribution is 5.37. The molecule has 0 N–H and O–H groups in total. The number of hydrogen-bond acceptors (Lipinski definition) is 5. The second-order valence-corrected chi connectivity index (χ2v) is 3.02. The molecule has 1 aromatic rings. The zero-order chi connectivity index (χ0) is 9.80. The number of anilines is 1. The number of ether oxygens (including phenoxy) is 2. The number of methoxy groups -OCH3 is 1. The summed E-state index contributed by atoms with van der Waals surface area (Å²) < 4.78 is 10.3. The Kier molecular flexibility index (Phi) is 2.78. The van der Waals surface area contributed by atoms with Crippen molar-refractivity contribution < 1.29 is 9.47 Å². The lowest BCUT2D eigenvalue weighted by atomic mass is 10.4. The van der Waals surface area contributed by atoms with Crippen molar-refractivity contribution in [2.75, 3.05) is 38.3 Å². The molecule has 0 aromatic carbocycles. The van der Waals surface area contributed by atoms with Gasteiger partial charge >= 0.3 is 0 Å². The maximum absolute atomic E-state index is 5.26. The molecule has 0 radical (unpaired) electrons. The minimum absolute atomic E-state index is 0.550. The van der Waals surface area contributed by atoms with Crippen LogP contribution >= 0.6 is 0 Å². The fraction of sp³-hybridized carbons (Fsp3) is 0.556. The summed E-state index contributed by atoms with van der Waals surface area (Å²) in [6.07, 6.45) is 3.35. The molecule has 2 rings (SSSR count). The second-order valence-electron chi connectivity index (χ2n) is 3.02. The Bertz CT molecular complexity index is 300. The average molecular weight is 195 g/mol. The van der Waals surface area contributed by atoms with E-state index in [1.54, 1.807) is 19.5 Å². The number of morpholine rings is 1. The first-order chi connectivity index (χ1) is 6.90. The summed E-state index contributed by atoms with van der Waals surface area (Å²) in [6.45, 7) is 3.22. The van der Waals surface area contributed by atoms with Crippen molar-refractivity contribution in [1.29, 1.82) is 0 Å². The van der Waals surface area contributed by atoms with Crippen LogP contribution in [0.5, 0.6) is 5.88 Å². The Balaban J connectivity index is 2.13. The first-order valence-electron chi connectivity index (χ1n) is 4.59. The topological polar surface area (TPSA) is 47.5 Å². The third kappa shape index (κ3) is 1.93. The molecule has 0 unspecified atom stereocenters. The van der Waals surface area contributed by atoms with Crippen molar-refractivity contribution >= 4 is 5.82 Å². The molecule has 1 saturated heterocycles. The van der Waals surface area contributed by atoms with Crippen molar-refractivity contribution in [2.45, 2.75) is 0 Å². The number of nitrogens with zero attached hydrogens (tertiary/aromatic N) is 3. The van der Waals surface area contributed by atoms with Crippen LogP contribution in [0.15, 0.2) is 12.4 Å². The Morgan fingerprint density at radius 1 is 1.36 bits per heavy atom. The molecule has 0 aliphatic carbocycles. The number of aromatic nitrogens is 2. The Morgan fingerprint density at radius 2 is 2.14 bits per heavy atom. The van der Waals surface area contributed by atoms with Gasteiger partial charge in [0, 0.05) is 13.1 Å². The van der Waals surface area contributed by atoms with Crippen LogP contribution in [0.4, 0.5) is 5.82 Å². The third-order valence-corrected chi connectivity index (χ3v) is 2.14. The maximum Gasteiger partial charge on any atom is 0.233 e. The molecule has 0 spiro atoms. The highest BCUT2D eigenvalue weighted by atomic mass is 16.5. The summed E-state index contributed by atoms with van der Waals surface area (Å²) in [6, 6.07) is 0. The average Bonchev–Trinajstić information content (AvgIpc) is 2.30. The predicted octanol–water partition coefficient (Wildman–Crippen LogP) is 0.322. The summed E-state index contributed by atoms with van der Waals surface area (Å²) >= 11 is 0. The second kappa shape index (κ2) is 4.23. The fourth-order valence-electron chi connectivity index (χ4n) is 1.38. The van der Waals surface area contributed by atoms with E-state index < -0.39 is 0 Å². The van der Waals surface area contributed by atoms with E-state index in [1.807, 2.05) is 0 Å². The van der Waals surface area contributed by atoms with Gasteiger partial charge in [-0.1, -0.05) is 0 Å². The van der Waals surface area contributed by atoms with Crippen molar-refractivity contribution in [2.24, 2.45) is 0 Å².